The number of carbonyl (C=O) groups excluding carboxylic acids is 1. The summed E-state index contributed by atoms with van der Waals surface area (Å²) >= 11 is 3.06. The number of halogens is 2. The van der Waals surface area contributed by atoms with Gasteiger partial charge >= 0.3 is 12.1 Å². The molecule has 1 amide bonds. The van der Waals surface area contributed by atoms with Crippen molar-refractivity contribution < 1.29 is 23.8 Å². The number of hydrogen-bond acceptors (Lipinski definition) is 3. The lowest BCUT2D eigenvalue weighted by Gasteiger charge is -2.17. The lowest BCUT2D eigenvalue weighted by molar-refractivity contribution is -0.139. The fraction of sp³-hybridized carbons (Fsp3) is 0.167. The van der Waals surface area contributed by atoms with Crippen LogP contribution in [0.5, 0.6) is 0 Å². The number of nitrogens with one attached hydrogen (secondary N) is 1. The van der Waals surface area contributed by atoms with E-state index in [1.807, 2.05) is 48.5 Å². The lowest BCUT2D eigenvalue weighted by Crippen LogP contribution is -2.42. The van der Waals surface area contributed by atoms with Gasteiger partial charge in [0.05, 0.1) is 4.47 Å². The standard InChI is InChI=1S/C24H19BrFNO4/c25-20-10-9-14(11-21(20)26)12-22(23(28)29)27-24(30)31-13-19-17-7-3-1-5-15(17)16-6-2-4-8-18(16)19/h1-11,19,22H,12-13H2,(H,27,30)(H,28,29). The zero-order valence-corrected chi connectivity index (χ0v) is 17.9. The molecule has 1 aliphatic rings. The summed E-state index contributed by atoms with van der Waals surface area (Å²) in [4.78, 5) is 24.0. The van der Waals surface area contributed by atoms with Crippen molar-refractivity contribution in [2.75, 3.05) is 6.61 Å². The molecule has 5 nitrogen and oxygen atoms in total. The number of carbonyl (C=O) groups is 2. The predicted molar refractivity (Wildman–Crippen MR) is 117 cm³/mol. The van der Waals surface area contributed by atoms with E-state index in [2.05, 4.69) is 21.2 Å². The number of rotatable bonds is 6. The maximum atomic E-state index is 13.7. The third-order valence-corrected chi connectivity index (χ3v) is 6.00. The molecular formula is C24H19BrFNO4. The van der Waals surface area contributed by atoms with Crippen LogP contribution in [0.1, 0.15) is 22.6 Å². The first kappa shape index (κ1) is 21.1. The molecule has 0 heterocycles. The molecule has 0 aromatic heterocycles. The molecular weight excluding hydrogens is 465 g/mol. The van der Waals surface area contributed by atoms with Gasteiger partial charge in [-0.05, 0) is 55.9 Å². The number of ether oxygens (including phenoxy) is 1. The third-order valence-electron chi connectivity index (χ3n) is 5.36. The third kappa shape index (κ3) is 4.46. The van der Waals surface area contributed by atoms with E-state index in [0.29, 0.717) is 5.56 Å². The minimum Gasteiger partial charge on any atom is -0.480 e. The second-order valence-electron chi connectivity index (χ2n) is 7.31. The van der Waals surface area contributed by atoms with E-state index in [9.17, 15) is 19.1 Å². The molecule has 1 unspecified atom stereocenters. The van der Waals surface area contributed by atoms with Crippen LogP contribution in [0.2, 0.25) is 0 Å². The summed E-state index contributed by atoms with van der Waals surface area (Å²) in [5.41, 5.74) is 4.79. The van der Waals surface area contributed by atoms with Crippen LogP contribution < -0.4 is 5.32 Å². The van der Waals surface area contributed by atoms with Gasteiger partial charge in [0.1, 0.15) is 18.5 Å². The summed E-state index contributed by atoms with van der Waals surface area (Å²) in [7, 11) is 0. The first-order chi connectivity index (χ1) is 14.9. The Morgan fingerprint density at radius 2 is 1.65 bits per heavy atom. The van der Waals surface area contributed by atoms with Crippen molar-refractivity contribution in [2.24, 2.45) is 0 Å². The Morgan fingerprint density at radius 3 is 2.23 bits per heavy atom. The van der Waals surface area contributed by atoms with Crippen molar-refractivity contribution >= 4 is 28.0 Å². The van der Waals surface area contributed by atoms with Crippen molar-refractivity contribution in [3.63, 3.8) is 0 Å². The molecule has 0 saturated carbocycles. The van der Waals surface area contributed by atoms with E-state index in [1.165, 1.54) is 12.1 Å². The van der Waals surface area contributed by atoms with E-state index >= 15 is 0 Å². The monoisotopic (exact) mass is 483 g/mol. The number of benzene rings is 3. The highest BCUT2D eigenvalue weighted by molar-refractivity contribution is 9.10. The first-order valence-electron chi connectivity index (χ1n) is 9.72. The van der Waals surface area contributed by atoms with Crippen LogP contribution in [0.15, 0.2) is 71.2 Å². The van der Waals surface area contributed by atoms with E-state index in [0.717, 1.165) is 22.3 Å². The van der Waals surface area contributed by atoms with Gasteiger partial charge in [-0.1, -0.05) is 54.6 Å². The molecule has 0 bridgehead atoms. The molecule has 31 heavy (non-hydrogen) atoms. The van der Waals surface area contributed by atoms with E-state index in [-0.39, 0.29) is 23.4 Å². The van der Waals surface area contributed by atoms with E-state index in [1.54, 1.807) is 6.07 Å². The molecule has 1 atom stereocenters. The normalized spacial score (nSPS) is 13.2. The number of hydrogen-bond donors (Lipinski definition) is 2. The minimum absolute atomic E-state index is 0.0657. The molecule has 158 valence electrons. The Morgan fingerprint density at radius 1 is 1.03 bits per heavy atom. The molecule has 3 aromatic rings. The van der Waals surface area contributed by atoms with Crippen molar-refractivity contribution in [1.29, 1.82) is 0 Å². The van der Waals surface area contributed by atoms with Gasteiger partial charge in [0, 0.05) is 12.3 Å². The van der Waals surface area contributed by atoms with Crippen LogP contribution >= 0.6 is 15.9 Å². The van der Waals surface area contributed by atoms with Crippen LogP contribution in [-0.2, 0) is 16.0 Å². The average molecular weight is 484 g/mol. The van der Waals surface area contributed by atoms with Crippen molar-refractivity contribution in [2.45, 2.75) is 18.4 Å². The van der Waals surface area contributed by atoms with Crippen molar-refractivity contribution in [3.05, 3.63) is 93.7 Å². The quantitative estimate of drug-likeness (QED) is 0.509. The molecule has 1 aliphatic carbocycles. The fourth-order valence-corrected chi connectivity index (χ4v) is 4.13. The van der Waals surface area contributed by atoms with Crippen LogP contribution in [0, 0.1) is 5.82 Å². The Hall–Kier alpha value is -3.19. The zero-order valence-electron chi connectivity index (χ0n) is 16.3. The summed E-state index contributed by atoms with van der Waals surface area (Å²) < 4.78 is 19.4. The van der Waals surface area contributed by atoms with Crippen LogP contribution in [0.25, 0.3) is 11.1 Å². The fourth-order valence-electron chi connectivity index (χ4n) is 3.88. The number of carboxylic acid groups (broad SMARTS) is 1. The summed E-state index contributed by atoms with van der Waals surface area (Å²) in [6.45, 7) is 0.0825. The summed E-state index contributed by atoms with van der Waals surface area (Å²) in [5.74, 6) is -1.85. The van der Waals surface area contributed by atoms with Crippen LogP contribution in [-0.4, -0.2) is 29.8 Å². The molecule has 7 heteroatoms. The lowest BCUT2D eigenvalue weighted by atomic mass is 9.98. The number of carboxylic acids is 1. The molecule has 0 radical (unpaired) electrons. The highest BCUT2D eigenvalue weighted by Gasteiger charge is 2.29. The average Bonchev–Trinajstić information content (AvgIpc) is 3.08. The van der Waals surface area contributed by atoms with E-state index in [4.69, 9.17) is 4.74 Å². The van der Waals surface area contributed by atoms with Gasteiger partial charge in [0.25, 0.3) is 0 Å². The maximum absolute atomic E-state index is 13.7. The molecule has 3 aromatic carbocycles. The van der Waals surface area contributed by atoms with E-state index < -0.39 is 23.9 Å². The Balaban J connectivity index is 1.43. The van der Waals surface area contributed by atoms with Gasteiger partial charge in [-0.2, -0.15) is 0 Å². The topological polar surface area (TPSA) is 75.6 Å². The second kappa shape index (κ2) is 8.89. The Kier molecular flexibility index (Phi) is 6.04. The molecule has 2 N–H and O–H groups in total. The second-order valence-corrected chi connectivity index (χ2v) is 8.17. The van der Waals surface area contributed by atoms with Gasteiger partial charge in [0.2, 0.25) is 0 Å². The number of fused-ring (bicyclic) bond motifs is 3. The van der Waals surface area contributed by atoms with Gasteiger partial charge in [-0.25, -0.2) is 14.0 Å². The SMILES string of the molecule is O=C(NC(Cc1ccc(Br)c(F)c1)C(=O)O)OCC1c2ccccc2-c2ccccc21. The minimum atomic E-state index is -1.24. The highest BCUT2D eigenvalue weighted by atomic mass is 79.9. The summed E-state index contributed by atoms with van der Waals surface area (Å²) in [6, 6.07) is 19.0. The maximum Gasteiger partial charge on any atom is 0.407 e. The highest BCUT2D eigenvalue weighted by Crippen LogP contribution is 2.44. The molecule has 0 fully saturated rings. The van der Waals surface area contributed by atoms with Gasteiger partial charge in [-0.3, -0.25) is 0 Å². The first-order valence-corrected chi connectivity index (χ1v) is 10.5. The number of amides is 1. The predicted octanol–water partition coefficient (Wildman–Crippen LogP) is 5.12. The molecule has 0 aliphatic heterocycles. The summed E-state index contributed by atoms with van der Waals surface area (Å²) in [5, 5.41) is 11.9. The largest absolute Gasteiger partial charge is 0.480 e. The van der Waals surface area contributed by atoms with Gasteiger partial charge < -0.3 is 15.2 Å². The Labute approximate surface area is 187 Å². The molecule has 0 saturated heterocycles. The number of aliphatic carboxylic acids is 1. The van der Waals surface area contributed by atoms with Crippen molar-refractivity contribution in [3.8, 4) is 11.1 Å². The van der Waals surface area contributed by atoms with Crippen LogP contribution in [0.3, 0.4) is 0 Å². The van der Waals surface area contributed by atoms with Crippen LogP contribution in [0.4, 0.5) is 9.18 Å². The summed E-state index contributed by atoms with van der Waals surface area (Å²) in [6.07, 6.45) is -0.893. The molecule has 0 spiro atoms. The van der Waals surface area contributed by atoms with Crippen molar-refractivity contribution in [1.82, 2.24) is 5.32 Å². The zero-order chi connectivity index (χ0) is 22.0. The van der Waals surface area contributed by atoms with Gasteiger partial charge in [-0.15, -0.1) is 0 Å². The van der Waals surface area contributed by atoms with Gasteiger partial charge in [0.15, 0.2) is 0 Å². The molecule has 4 rings (SSSR count). The Bertz CT molecular complexity index is 1100. The smallest absolute Gasteiger partial charge is 0.407 e. The number of alkyl carbamates (subject to hydrolysis) is 1.